The number of anilines is 1. The van der Waals surface area contributed by atoms with Crippen LogP contribution in [0.2, 0.25) is 0 Å². The minimum atomic E-state index is 0.422. The van der Waals surface area contributed by atoms with Crippen LogP contribution < -0.4 is 5.73 Å². The summed E-state index contributed by atoms with van der Waals surface area (Å²) in [6.07, 6.45) is 5.07. The molecule has 1 aromatic heterocycles. The van der Waals surface area contributed by atoms with Gasteiger partial charge in [-0.05, 0) is 26.2 Å². The molecule has 1 aliphatic rings. The van der Waals surface area contributed by atoms with Crippen LogP contribution in [-0.4, -0.2) is 23.0 Å². The van der Waals surface area contributed by atoms with E-state index in [2.05, 4.69) is 5.10 Å². The highest BCUT2D eigenvalue weighted by Crippen LogP contribution is 2.24. The molecule has 4 nitrogen and oxygen atoms in total. The average molecular weight is 195 g/mol. The fraction of sp³-hybridized carbons (Fsp3) is 0.700. The summed E-state index contributed by atoms with van der Waals surface area (Å²) < 4.78 is 7.36. The fourth-order valence-corrected chi connectivity index (χ4v) is 1.88. The minimum Gasteiger partial charge on any atom is -0.384 e. The molecule has 1 aliphatic heterocycles. The van der Waals surface area contributed by atoms with Crippen molar-refractivity contribution in [3.05, 3.63) is 11.8 Å². The zero-order valence-electron chi connectivity index (χ0n) is 8.57. The molecule has 0 spiro atoms. The van der Waals surface area contributed by atoms with Crippen molar-refractivity contribution in [2.75, 3.05) is 18.9 Å². The van der Waals surface area contributed by atoms with Crippen molar-refractivity contribution in [1.29, 1.82) is 0 Å². The summed E-state index contributed by atoms with van der Waals surface area (Å²) in [7, 11) is 0. The van der Waals surface area contributed by atoms with Crippen LogP contribution in [0.15, 0.2) is 6.20 Å². The maximum atomic E-state index is 5.94. The molecule has 2 N–H and O–H groups in total. The Hall–Kier alpha value is -1.03. The Morgan fingerprint density at radius 2 is 2.36 bits per heavy atom. The lowest BCUT2D eigenvalue weighted by Gasteiger charge is -2.15. The predicted octanol–water partition coefficient (Wildman–Crippen LogP) is 1.52. The predicted molar refractivity (Wildman–Crippen MR) is 55.1 cm³/mol. The molecule has 1 aromatic rings. The van der Waals surface area contributed by atoms with E-state index in [1.807, 2.05) is 17.8 Å². The topological polar surface area (TPSA) is 53.1 Å². The molecule has 4 heteroatoms. The molecule has 2 rings (SSSR count). The lowest BCUT2D eigenvalue weighted by Crippen LogP contribution is -2.13. The first-order chi connectivity index (χ1) is 6.79. The average Bonchev–Trinajstić information content (AvgIpc) is 2.47. The van der Waals surface area contributed by atoms with E-state index < -0.39 is 0 Å². The minimum absolute atomic E-state index is 0.422. The van der Waals surface area contributed by atoms with Gasteiger partial charge in [-0.15, -0.1) is 0 Å². The summed E-state index contributed by atoms with van der Waals surface area (Å²) in [5, 5.41) is 4.32. The largest absolute Gasteiger partial charge is 0.384 e. The van der Waals surface area contributed by atoms with Crippen LogP contribution in [0.1, 0.15) is 30.9 Å². The molecule has 2 heterocycles. The molecule has 78 valence electrons. The van der Waals surface area contributed by atoms with E-state index >= 15 is 0 Å². The number of aryl methyl sites for hydroxylation is 1. The Morgan fingerprint density at radius 3 is 3.07 bits per heavy atom. The Bertz CT molecular complexity index is 300. The summed E-state index contributed by atoms with van der Waals surface area (Å²) in [4.78, 5) is 0. The Balaban J connectivity index is 2.16. The highest BCUT2D eigenvalue weighted by Gasteiger charge is 2.17. The molecule has 1 fully saturated rings. The second kappa shape index (κ2) is 4.00. The molecule has 0 aromatic carbocycles. The summed E-state index contributed by atoms with van der Waals surface area (Å²) in [5.41, 5.74) is 7.01. The number of nitrogens with two attached hydrogens (primary N) is 1. The van der Waals surface area contributed by atoms with Gasteiger partial charge in [0.15, 0.2) is 0 Å². The number of aromatic nitrogens is 2. The van der Waals surface area contributed by atoms with Gasteiger partial charge in [-0.2, -0.15) is 5.10 Å². The van der Waals surface area contributed by atoms with Crippen LogP contribution in [0.4, 0.5) is 5.82 Å². The number of hydrogen-bond donors (Lipinski definition) is 1. The first-order valence-electron chi connectivity index (χ1n) is 5.16. The van der Waals surface area contributed by atoms with Gasteiger partial charge in [-0.1, -0.05) is 0 Å². The van der Waals surface area contributed by atoms with Gasteiger partial charge in [0.05, 0.1) is 12.2 Å². The van der Waals surface area contributed by atoms with E-state index in [4.69, 9.17) is 10.5 Å². The molecule has 0 bridgehead atoms. The van der Waals surface area contributed by atoms with Gasteiger partial charge in [-0.3, -0.25) is 0 Å². The Kier molecular flexibility index (Phi) is 2.72. The standard InChI is InChI=1S/C10H17N3O/c1-8-7-12-13(10(8)11)9-3-2-5-14-6-4-9/h7,9H,2-6,11H2,1H3. The molecule has 0 radical (unpaired) electrons. The zero-order chi connectivity index (χ0) is 9.97. The first-order valence-corrected chi connectivity index (χ1v) is 5.16. The second-order valence-corrected chi connectivity index (χ2v) is 3.85. The molecule has 1 atom stereocenters. The van der Waals surface area contributed by atoms with Gasteiger partial charge in [0.25, 0.3) is 0 Å². The van der Waals surface area contributed by atoms with Crippen molar-refractivity contribution in [2.24, 2.45) is 0 Å². The van der Waals surface area contributed by atoms with Crippen molar-refractivity contribution in [3.8, 4) is 0 Å². The van der Waals surface area contributed by atoms with Crippen molar-refractivity contribution < 1.29 is 4.74 Å². The second-order valence-electron chi connectivity index (χ2n) is 3.85. The highest BCUT2D eigenvalue weighted by molar-refractivity contribution is 5.37. The number of nitrogens with zero attached hydrogens (tertiary/aromatic N) is 2. The number of rotatable bonds is 1. The maximum absolute atomic E-state index is 5.94. The van der Waals surface area contributed by atoms with Crippen LogP contribution in [0.25, 0.3) is 0 Å². The molecule has 1 unspecified atom stereocenters. The molecular formula is C10H17N3O. The lowest BCUT2D eigenvalue weighted by molar-refractivity contribution is 0.141. The van der Waals surface area contributed by atoms with Crippen LogP contribution in [-0.2, 0) is 4.74 Å². The number of ether oxygens (including phenoxy) is 1. The smallest absolute Gasteiger partial charge is 0.124 e. The normalized spacial score (nSPS) is 23.4. The number of hydrogen-bond acceptors (Lipinski definition) is 3. The zero-order valence-corrected chi connectivity index (χ0v) is 8.57. The molecule has 0 saturated carbocycles. The van der Waals surface area contributed by atoms with Crippen molar-refractivity contribution in [3.63, 3.8) is 0 Å². The van der Waals surface area contributed by atoms with Gasteiger partial charge >= 0.3 is 0 Å². The van der Waals surface area contributed by atoms with Crippen LogP contribution in [0.3, 0.4) is 0 Å². The van der Waals surface area contributed by atoms with Crippen LogP contribution in [0, 0.1) is 6.92 Å². The summed E-state index contributed by atoms with van der Waals surface area (Å²) in [6, 6.07) is 0.422. The SMILES string of the molecule is Cc1cnn(C2CCCOCC2)c1N. The van der Waals surface area contributed by atoms with E-state index in [9.17, 15) is 0 Å². The van der Waals surface area contributed by atoms with Gasteiger partial charge in [-0.25, -0.2) is 4.68 Å². The van der Waals surface area contributed by atoms with E-state index in [1.165, 1.54) is 0 Å². The molecule has 0 amide bonds. The molecular weight excluding hydrogens is 178 g/mol. The van der Waals surface area contributed by atoms with E-state index in [-0.39, 0.29) is 0 Å². The Labute approximate surface area is 84.0 Å². The van der Waals surface area contributed by atoms with Gasteiger partial charge < -0.3 is 10.5 Å². The van der Waals surface area contributed by atoms with Gasteiger partial charge in [0.1, 0.15) is 5.82 Å². The Morgan fingerprint density at radius 1 is 1.50 bits per heavy atom. The molecule has 14 heavy (non-hydrogen) atoms. The third-order valence-corrected chi connectivity index (χ3v) is 2.79. The third kappa shape index (κ3) is 1.75. The molecule has 0 aliphatic carbocycles. The van der Waals surface area contributed by atoms with Crippen molar-refractivity contribution in [1.82, 2.24) is 9.78 Å². The van der Waals surface area contributed by atoms with Gasteiger partial charge in [0, 0.05) is 18.8 Å². The van der Waals surface area contributed by atoms with Crippen LogP contribution in [0.5, 0.6) is 0 Å². The molecule has 1 saturated heterocycles. The summed E-state index contributed by atoms with van der Waals surface area (Å²) in [5.74, 6) is 0.803. The van der Waals surface area contributed by atoms with E-state index in [0.717, 1.165) is 43.9 Å². The van der Waals surface area contributed by atoms with Crippen molar-refractivity contribution in [2.45, 2.75) is 32.2 Å². The van der Waals surface area contributed by atoms with Gasteiger partial charge in [0.2, 0.25) is 0 Å². The summed E-state index contributed by atoms with van der Waals surface area (Å²) in [6.45, 7) is 3.69. The monoisotopic (exact) mass is 195 g/mol. The van der Waals surface area contributed by atoms with Crippen LogP contribution >= 0.6 is 0 Å². The summed E-state index contributed by atoms with van der Waals surface area (Å²) >= 11 is 0. The maximum Gasteiger partial charge on any atom is 0.124 e. The van der Waals surface area contributed by atoms with E-state index in [0.29, 0.717) is 6.04 Å². The fourth-order valence-electron chi connectivity index (χ4n) is 1.88. The van der Waals surface area contributed by atoms with Crippen molar-refractivity contribution >= 4 is 5.82 Å². The van der Waals surface area contributed by atoms with E-state index in [1.54, 1.807) is 0 Å². The number of nitrogen functional groups attached to an aromatic ring is 1. The first kappa shape index (κ1) is 9.52. The highest BCUT2D eigenvalue weighted by atomic mass is 16.5. The lowest BCUT2D eigenvalue weighted by atomic mass is 10.1. The third-order valence-electron chi connectivity index (χ3n) is 2.79. The quantitative estimate of drug-likeness (QED) is 0.739.